The number of benzene rings is 2. The Balaban J connectivity index is 1.49. The highest BCUT2D eigenvalue weighted by atomic mass is 35.5. The van der Waals surface area contributed by atoms with Crippen molar-refractivity contribution in [3.8, 4) is 17.1 Å². The van der Waals surface area contributed by atoms with Gasteiger partial charge in [-0.3, -0.25) is 4.98 Å². The van der Waals surface area contributed by atoms with Crippen LogP contribution in [0.4, 0.5) is 16.2 Å². The lowest BCUT2D eigenvalue weighted by molar-refractivity contribution is 0.262. The van der Waals surface area contributed by atoms with Crippen LogP contribution >= 0.6 is 11.6 Å². The second-order valence-corrected chi connectivity index (χ2v) is 6.94. The van der Waals surface area contributed by atoms with Crippen LogP contribution in [0.2, 0.25) is 5.02 Å². The Bertz CT molecular complexity index is 1200. The summed E-state index contributed by atoms with van der Waals surface area (Å²) in [4.78, 5) is 21.0. The summed E-state index contributed by atoms with van der Waals surface area (Å²) in [6, 6.07) is 15.5. The molecule has 0 aliphatic rings. The predicted molar refractivity (Wildman–Crippen MR) is 117 cm³/mol. The molecule has 0 aliphatic carbocycles. The summed E-state index contributed by atoms with van der Waals surface area (Å²) in [5, 5.41) is 10.1. The van der Waals surface area contributed by atoms with Crippen LogP contribution in [-0.4, -0.2) is 28.3 Å². The molecule has 0 aliphatic heterocycles. The molecule has 31 heavy (non-hydrogen) atoms. The van der Waals surface area contributed by atoms with E-state index in [1.807, 2.05) is 18.2 Å². The first kappa shape index (κ1) is 20.4. The number of amides is 2. The van der Waals surface area contributed by atoms with Crippen molar-refractivity contribution in [2.45, 2.75) is 6.42 Å². The summed E-state index contributed by atoms with van der Waals surface area (Å²) in [5.74, 6) is 1.41. The third-order valence-corrected chi connectivity index (χ3v) is 4.66. The van der Waals surface area contributed by atoms with Crippen LogP contribution in [-0.2, 0) is 6.42 Å². The molecule has 2 heterocycles. The fourth-order valence-electron chi connectivity index (χ4n) is 2.96. The van der Waals surface area contributed by atoms with Gasteiger partial charge in [-0.15, -0.1) is 0 Å². The van der Waals surface area contributed by atoms with E-state index in [1.54, 1.807) is 48.8 Å². The molecular formula is C22H18ClN5O3. The fraction of sp³-hybridized carbons (Fsp3) is 0.0909. The molecule has 0 atom stereocenters. The van der Waals surface area contributed by atoms with Gasteiger partial charge in [-0.1, -0.05) is 35.0 Å². The lowest BCUT2D eigenvalue weighted by Gasteiger charge is -2.13. The fourth-order valence-corrected chi connectivity index (χ4v) is 3.13. The predicted octanol–water partition coefficient (Wildman–Crippen LogP) is 5.03. The molecule has 2 aromatic heterocycles. The number of rotatable bonds is 6. The Morgan fingerprint density at radius 1 is 1.06 bits per heavy atom. The molecule has 0 fully saturated rings. The van der Waals surface area contributed by atoms with Crippen LogP contribution < -0.4 is 15.4 Å². The van der Waals surface area contributed by atoms with E-state index in [-0.39, 0.29) is 0 Å². The number of para-hydroxylation sites is 1. The minimum absolute atomic E-state index is 0.356. The highest BCUT2D eigenvalue weighted by molar-refractivity contribution is 6.31. The zero-order valence-corrected chi connectivity index (χ0v) is 17.3. The van der Waals surface area contributed by atoms with Gasteiger partial charge in [0.05, 0.1) is 19.2 Å². The van der Waals surface area contributed by atoms with E-state index < -0.39 is 6.03 Å². The molecule has 2 N–H and O–H groups in total. The van der Waals surface area contributed by atoms with Crippen molar-refractivity contribution in [1.82, 2.24) is 15.1 Å². The maximum atomic E-state index is 12.6. The molecule has 2 aromatic carbocycles. The number of carbonyl (C=O) groups is 1. The average Bonchev–Trinajstić information content (AvgIpc) is 3.24. The molecular weight excluding hydrogens is 418 g/mol. The molecule has 8 nitrogen and oxygen atoms in total. The number of pyridine rings is 1. The molecule has 0 unspecified atom stereocenters. The first-order chi connectivity index (χ1) is 15.1. The number of hydrogen-bond donors (Lipinski definition) is 2. The normalized spacial score (nSPS) is 10.5. The van der Waals surface area contributed by atoms with Crippen molar-refractivity contribution >= 4 is 29.0 Å². The van der Waals surface area contributed by atoms with Crippen molar-refractivity contribution in [1.29, 1.82) is 0 Å². The number of anilines is 2. The number of hydrogen-bond acceptors (Lipinski definition) is 6. The van der Waals surface area contributed by atoms with Gasteiger partial charge in [0.15, 0.2) is 0 Å². The SMILES string of the molecule is COc1ccc(Cl)cc1NC(=O)Nc1ccccc1Cc1nc(-c2ccncc2)no1. The van der Waals surface area contributed by atoms with E-state index in [0.717, 1.165) is 11.1 Å². The molecule has 9 heteroatoms. The maximum Gasteiger partial charge on any atom is 0.323 e. The van der Waals surface area contributed by atoms with Gasteiger partial charge in [0, 0.05) is 28.7 Å². The molecule has 0 radical (unpaired) electrons. The standard InChI is InChI=1S/C22H18ClN5O3/c1-30-19-7-6-16(23)13-18(19)26-22(29)25-17-5-3-2-4-15(17)12-20-27-21(28-31-20)14-8-10-24-11-9-14/h2-11,13H,12H2,1H3,(H2,25,26,29). The smallest absolute Gasteiger partial charge is 0.323 e. The van der Waals surface area contributed by atoms with Gasteiger partial charge in [-0.2, -0.15) is 4.98 Å². The summed E-state index contributed by atoms with van der Waals surface area (Å²) in [6.07, 6.45) is 3.69. The van der Waals surface area contributed by atoms with Gasteiger partial charge in [0.25, 0.3) is 0 Å². The number of nitrogens with zero attached hydrogens (tertiary/aromatic N) is 3. The van der Waals surface area contributed by atoms with Crippen LogP contribution in [0.3, 0.4) is 0 Å². The van der Waals surface area contributed by atoms with E-state index in [4.69, 9.17) is 20.9 Å². The van der Waals surface area contributed by atoms with Gasteiger partial charge in [0.2, 0.25) is 11.7 Å². The van der Waals surface area contributed by atoms with Gasteiger partial charge >= 0.3 is 6.03 Å². The number of urea groups is 1. The van der Waals surface area contributed by atoms with Gasteiger partial charge in [-0.05, 0) is 42.0 Å². The van der Waals surface area contributed by atoms with Crippen LogP contribution in [0.25, 0.3) is 11.4 Å². The summed E-state index contributed by atoms with van der Waals surface area (Å²) in [6.45, 7) is 0. The van der Waals surface area contributed by atoms with Crippen LogP contribution in [0.15, 0.2) is 71.5 Å². The average molecular weight is 436 g/mol. The zero-order chi connectivity index (χ0) is 21.6. The second-order valence-electron chi connectivity index (χ2n) is 6.51. The van der Waals surface area contributed by atoms with Crippen molar-refractivity contribution in [2.75, 3.05) is 17.7 Å². The Labute approximate surface area is 183 Å². The second kappa shape index (κ2) is 9.27. The maximum absolute atomic E-state index is 12.6. The largest absolute Gasteiger partial charge is 0.495 e. The summed E-state index contributed by atoms with van der Waals surface area (Å²) in [7, 11) is 1.52. The summed E-state index contributed by atoms with van der Waals surface area (Å²) in [5.41, 5.74) is 2.71. The van der Waals surface area contributed by atoms with Gasteiger partial charge in [0.1, 0.15) is 5.75 Å². The lowest BCUT2D eigenvalue weighted by Crippen LogP contribution is -2.20. The van der Waals surface area contributed by atoms with Crippen molar-refractivity contribution in [2.24, 2.45) is 0 Å². The van der Waals surface area contributed by atoms with E-state index in [1.165, 1.54) is 7.11 Å². The first-order valence-corrected chi connectivity index (χ1v) is 9.72. The van der Waals surface area contributed by atoms with E-state index >= 15 is 0 Å². The molecule has 0 saturated carbocycles. The number of nitrogens with one attached hydrogen (secondary N) is 2. The number of carbonyl (C=O) groups excluding carboxylic acids is 1. The molecule has 0 saturated heterocycles. The van der Waals surface area contributed by atoms with Gasteiger partial charge in [-0.25, -0.2) is 4.79 Å². The Kier molecular flexibility index (Phi) is 6.09. The Morgan fingerprint density at radius 3 is 2.65 bits per heavy atom. The molecule has 0 bridgehead atoms. The third-order valence-electron chi connectivity index (χ3n) is 4.42. The molecule has 2 amide bonds. The minimum atomic E-state index is -0.434. The number of aromatic nitrogens is 3. The van der Waals surface area contributed by atoms with Crippen LogP contribution in [0.5, 0.6) is 5.75 Å². The molecule has 156 valence electrons. The van der Waals surface area contributed by atoms with Gasteiger partial charge < -0.3 is 19.9 Å². The summed E-state index contributed by atoms with van der Waals surface area (Å²) >= 11 is 6.03. The Hall–Kier alpha value is -3.91. The highest BCUT2D eigenvalue weighted by Gasteiger charge is 2.14. The first-order valence-electron chi connectivity index (χ1n) is 9.35. The van der Waals surface area contributed by atoms with Crippen molar-refractivity contribution in [3.05, 3.63) is 83.5 Å². The monoisotopic (exact) mass is 435 g/mol. The highest BCUT2D eigenvalue weighted by Crippen LogP contribution is 2.28. The van der Waals surface area contributed by atoms with E-state index in [9.17, 15) is 4.79 Å². The van der Waals surface area contributed by atoms with E-state index in [2.05, 4.69) is 25.8 Å². The quantitative estimate of drug-likeness (QED) is 0.440. The van der Waals surface area contributed by atoms with Crippen LogP contribution in [0, 0.1) is 0 Å². The number of halogens is 1. The van der Waals surface area contributed by atoms with Crippen molar-refractivity contribution in [3.63, 3.8) is 0 Å². The number of methoxy groups -OCH3 is 1. The lowest BCUT2D eigenvalue weighted by atomic mass is 10.1. The van der Waals surface area contributed by atoms with Crippen LogP contribution in [0.1, 0.15) is 11.5 Å². The molecule has 0 spiro atoms. The minimum Gasteiger partial charge on any atom is -0.495 e. The molecule has 4 rings (SSSR count). The Morgan fingerprint density at radius 2 is 1.84 bits per heavy atom. The van der Waals surface area contributed by atoms with E-state index in [0.29, 0.717) is 40.3 Å². The number of ether oxygens (including phenoxy) is 1. The van der Waals surface area contributed by atoms with Crippen molar-refractivity contribution < 1.29 is 14.1 Å². The summed E-state index contributed by atoms with van der Waals surface area (Å²) < 4.78 is 10.6. The zero-order valence-electron chi connectivity index (χ0n) is 16.5. The third kappa shape index (κ3) is 4.99. The topological polar surface area (TPSA) is 102 Å². The molecule has 4 aromatic rings.